The molecule has 0 spiro atoms. The molecule has 8 aromatic rings. The van der Waals surface area contributed by atoms with Crippen LogP contribution in [0.3, 0.4) is 0 Å². The topological polar surface area (TPSA) is 12.5 Å². The Morgan fingerprint density at radius 1 is 0.417 bits per heavy atom. The fourth-order valence-corrected chi connectivity index (χ4v) is 9.63. The third kappa shape index (κ3) is 2.94. The predicted molar refractivity (Wildman–Crippen MR) is 203 cm³/mol. The highest BCUT2D eigenvalue weighted by Crippen LogP contribution is 2.50. The normalized spacial score (nSPS) is 13.9. The summed E-state index contributed by atoms with van der Waals surface area (Å²) < 4.78 is 6.96. The van der Waals surface area contributed by atoms with Crippen LogP contribution in [0.2, 0.25) is 0 Å². The van der Waals surface area contributed by atoms with Gasteiger partial charge < -0.3 is 9.64 Å². The Labute approximate surface area is 279 Å². The fourth-order valence-electron chi connectivity index (χ4n) is 9.63. The molecule has 0 radical (unpaired) electrons. The summed E-state index contributed by atoms with van der Waals surface area (Å²) in [7, 11) is 0. The first-order chi connectivity index (χ1) is 23.9. The van der Waals surface area contributed by atoms with Crippen LogP contribution in [0.25, 0.3) is 43.8 Å². The molecule has 218 valence electrons. The van der Waals surface area contributed by atoms with Crippen molar-refractivity contribution >= 4 is 84.8 Å². The summed E-state index contributed by atoms with van der Waals surface area (Å²) in [6.07, 6.45) is 0. The molecular weight excluding hydrogens is 580 g/mol. The molecule has 0 N–H and O–H groups in total. The average molecular weight is 605 g/mol. The van der Waals surface area contributed by atoms with Crippen molar-refractivity contribution in [3.05, 3.63) is 152 Å². The average Bonchev–Trinajstić information content (AvgIpc) is 3.15. The molecular formula is C44H25B2NO. The van der Waals surface area contributed by atoms with E-state index in [-0.39, 0.29) is 13.4 Å². The minimum atomic E-state index is 0.0794. The monoisotopic (exact) mass is 605 g/mol. The van der Waals surface area contributed by atoms with Crippen LogP contribution in [-0.4, -0.2) is 13.4 Å². The molecule has 0 fully saturated rings. The molecule has 4 heterocycles. The zero-order valence-corrected chi connectivity index (χ0v) is 25.9. The van der Waals surface area contributed by atoms with Gasteiger partial charge in [-0.2, -0.15) is 0 Å². The summed E-state index contributed by atoms with van der Waals surface area (Å²) in [5, 5.41) is 5.41. The number of benzene rings is 8. The highest BCUT2D eigenvalue weighted by molar-refractivity contribution is 7.05. The molecule has 0 aromatic heterocycles. The van der Waals surface area contributed by atoms with Gasteiger partial charge in [0.25, 0.3) is 6.71 Å². The lowest BCUT2D eigenvalue weighted by Crippen LogP contribution is -2.65. The van der Waals surface area contributed by atoms with Gasteiger partial charge in [-0.3, -0.25) is 0 Å². The molecule has 48 heavy (non-hydrogen) atoms. The summed E-state index contributed by atoms with van der Waals surface area (Å²) in [4.78, 5) is 2.47. The Bertz CT molecular complexity index is 2690. The van der Waals surface area contributed by atoms with Crippen LogP contribution in [-0.2, 0) is 0 Å². The van der Waals surface area contributed by atoms with Gasteiger partial charge in [-0.1, -0.05) is 132 Å². The van der Waals surface area contributed by atoms with Gasteiger partial charge in [0.15, 0.2) is 0 Å². The van der Waals surface area contributed by atoms with Gasteiger partial charge in [0.1, 0.15) is 11.5 Å². The van der Waals surface area contributed by atoms with E-state index in [1.165, 1.54) is 88.0 Å². The Hall–Kier alpha value is -5.99. The summed E-state index contributed by atoms with van der Waals surface area (Å²) in [6, 6.07) is 55.9. The molecule has 8 aromatic carbocycles. The van der Waals surface area contributed by atoms with E-state index in [9.17, 15) is 0 Å². The van der Waals surface area contributed by atoms with Crippen molar-refractivity contribution < 1.29 is 4.74 Å². The summed E-state index contributed by atoms with van der Waals surface area (Å²) >= 11 is 0. The highest BCUT2D eigenvalue weighted by Gasteiger charge is 2.49. The Balaban J connectivity index is 1.35. The maximum absolute atomic E-state index is 6.96. The molecule has 0 saturated heterocycles. The Morgan fingerprint density at radius 2 is 1.02 bits per heavy atom. The first kappa shape index (κ1) is 25.1. The van der Waals surface area contributed by atoms with Gasteiger partial charge >= 0.3 is 0 Å². The van der Waals surface area contributed by atoms with Gasteiger partial charge in [0.05, 0.1) is 0 Å². The molecule has 0 unspecified atom stereocenters. The number of fused-ring (bicyclic) bond motifs is 6. The van der Waals surface area contributed by atoms with Crippen LogP contribution in [0.1, 0.15) is 0 Å². The molecule has 4 aliphatic rings. The van der Waals surface area contributed by atoms with E-state index < -0.39 is 0 Å². The van der Waals surface area contributed by atoms with Crippen molar-refractivity contribution in [2.75, 3.05) is 4.90 Å². The van der Waals surface area contributed by atoms with Crippen molar-refractivity contribution in [3.63, 3.8) is 0 Å². The molecule has 0 saturated carbocycles. The van der Waals surface area contributed by atoms with E-state index in [4.69, 9.17) is 4.74 Å². The quantitative estimate of drug-likeness (QED) is 0.158. The number of para-hydroxylation sites is 3. The third-order valence-corrected chi connectivity index (χ3v) is 11.3. The van der Waals surface area contributed by atoms with Gasteiger partial charge in [-0.15, -0.1) is 0 Å². The lowest BCUT2D eigenvalue weighted by Gasteiger charge is -2.45. The van der Waals surface area contributed by atoms with Crippen LogP contribution in [0, 0.1) is 0 Å². The smallest absolute Gasteiger partial charge is 0.252 e. The van der Waals surface area contributed by atoms with E-state index in [1.807, 2.05) is 0 Å². The summed E-state index contributed by atoms with van der Waals surface area (Å²) in [5.74, 6) is 1.91. The van der Waals surface area contributed by atoms with Crippen LogP contribution >= 0.6 is 0 Å². The van der Waals surface area contributed by atoms with Crippen LogP contribution in [0.15, 0.2) is 152 Å². The van der Waals surface area contributed by atoms with E-state index in [1.54, 1.807) is 0 Å². The van der Waals surface area contributed by atoms with Crippen molar-refractivity contribution in [3.8, 4) is 33.8 Å². The predicted octanol–water partition coefficient (Wildman–Crippen LogP) is 6.88. The SMILES string of the molecule is c1ccc(-c2c3cccc4c3c3c5c(cccc25)B2c5ccccc5N(c5ccccc5)c5cc6c(c-3c52)B4c2ccccc2O6)cc1. The minimum absolute atomic E-state index is 0.0794. The molecule has 0 aliphatic carbocycles. The zero-order valence-electron chi connectivity index (χ0n) is 25.9. The molecule has 2 nitrogen and oxygen atoms in total. The van der Waals surface area contributed by atoms with Gasteiger partial charge in [-0.05, 0) is 89.9 Å². The maximum atomic E-state index is 6.96. The van der Waals surface area contributed by atoms with Crippen molar-refractivity contribution in [2.24, 2.45) is 0 Å². The van der Waals surface area contributed by atoms with Crippen LogP contribution < -0.4 is 42.4 Å². The molecule has 0 atom stereocenters. The molecule has 0 amide bonds. The van der Waals surface area contributed by atoms with E-state index >= 15 is 0 Å². The van der Waals surface area contributed by atoms with E-state index in [2.05, 4.69) is 157 Å². The van der Waals surface area contributed by atoms with Crippen molar-refractivity contribution in [1.82, 2.24) is 0 Å². The van der Waals surface area contributed by atoms with E-state index in [0.29, 0.717) is 0 Å². The van der Waals surface area contributed by atoms with Gasteiger partial charge in [-0.25, -0.2) is 0 Å². The maximum Gasteiger partial charge on any atom is 0.252 e. The van der Waals surface area contributed by atoms with Crippen molar-refractivity contribution in [1.29, 1.82) is 0 Å². The summed E-state index contributed by atoms with van der Waals surface area (Å²) in [6.45, 7) is 0.174. The van der Waals surface area contributed by atoms with Crippen LogP contribution in [0.4, 0.5) is 17.1 Å². The Morgan fingerprint density at radius 3 is 1.77 bits per heavy atom. The fraction of sp³-hybridized carbons (Fsp3) is 0. The molecule has 4 aliphatic heterocycles. The second-order valence-corrected chi connectivity index (χ2v) is 13.5. The lowest BCUT2D eigenvalue weighted by atomic mass is 9.27. The highest BCUT2D eigenvalue weighted by atomic mass is 16.5. The van der Waals surface area contributed by atoms with Gasteiger partial charge in [0.2, 0.25) is 6.71 Å². The molecule has 0 bridgehead atoms. The zero-order chi connectivity index (χ0) is 31.1. The number of hydrogen-bond donors (Lipinski definition) is 0. The lowest BCUT2D eigenvalue weighted by molar-refractivity contribution is 0.488. The molecule has 12 rings (SSSR count). The first-order valence-electron chi connectivity index (χ1n) is 16.9. The molecule has 4 heteroatoms. The second-order valence-electron chi connectivity index (χ2n) is 13.5. The number of ether oxygens (including phenoxy) is 1. The number of rotatable bonds is 2. The number of nitrogens with zero attached hydrogens (tertiary/aromatic N) is 1. The third-order valence-electron chi connectivity index (χ3n) is 11.3. The minimum Gasteiger partial charge on any atom is -0.458 e. The largest absolute Gasteiger partial charge is 0.458 e. The first-order valence-corrected chi connectivity index (χ1v) is 16.9. The number of anilines is 3. The van der Waals surface area contributed by atoms with Crippen molar-refractivity contribution in [2.45, 2.75) is 0 Å². The standard InChI is InChI=1S/C44H25B2NO/c1-3-13-26(14-4-1)38-28-17-11-21-32-39(28)41-40-29(38)18-12-22-33(40)46-31-20-8-10-24-36(31)48-37-25-35-43(42(41)44(37)46)45(32)30-19-7-9-23-34(30)47(35)27-15-5-2-6-16-27/h1-25H. The summed E-state index contributed by atoms with van der Waals surface area (Å²) in [5.41, 5.74) is 17.0. The second kappa shape index (κ2) is 8.87. The number of hydrogen-bond acceptors (Lipinski definition) is 2. The Kier molecular flexibility index (Phi) is 4.65. The van der Waals surface area contributed by atoms with Crippen LogP contribution in [0.5, 0.6) is 11.5 Å². The van der Waals surface area contributed by atoms with E-state index in [0.717, 1.165) is 17.2 Å². The van der Waals surface area contributed by atoms with Gasteiger partial charge in [0, 0.05) is 23.1 Å².